The molecule has 0 spiro atoms. The van der Waals surface area contributed by atoms with Crippen LogP contribution in [0.4, 0.5) is 0 Å². The predicted octanol–water partition coefficient (Wildman–Crippen LogP) is 2.25. The van der Waals surface area contributed by atoms with E-state index in [1.54, 1.807) is 34.7 Å². The SMILES string of the molecule is CCOC(=O)c1[nH]c(C)c(C(=O)[C@@H](C)N(C)C(=O)C2CC2)c1C. The highest BCUT2D eigenvalue weighted by Gasteiger charge is 2.36. The fraction of sp³-hybridized carbons (Fsp3) is 0.588. The summed E-state index contributed by atoms with van der Waals surface area (Å²) in [5.74, 6) is -0.549. The third-order valence-electron chi connectivity index (χ3n) is 4.40. The van der Waals surface area contributed by atoms with Crippen molar-refractivity contribution in [3.8, 4) is 0 Å². The first kappa shape index (κ1) is 17.2. The van der Waals surface area contributed by atoms with E-state index < -0.39 is 12.0 Å². The number of carbonyl (C=O) groups is 3. The van der Waals surface area contributed by atoms with Crippen molar-refractivity contribution in [1.82, 2.24) is 9.88 Å². The monoisotopic (exact) mass is 320 g/mol. The van der Waals surface area contributed by atoms with Gasteiger partial charge in [0.1, 0.15) is 5.69 Å². The largest absolute Gasteiger partial charge is 0.461 e. The number of aromatic nitrogens is 1. The molecule has 0 unspecified atom stereocenters. The highest BCUT2D eigenvalue weighted by molar-refractivity contribution is 6.06. The number of hydrogen-bond donors (Lipinski definition) is 1. The predicted molar refractivity (Wildman–Crippen MR) is 85.5 cm³/mol. The standard InChI is InChI=1S/C17H24N2O4/c1-6-23-17(22)14-9(2)13(10(3)18-14)15(20)11(4)19(5)16(21)12-7-8-12/h11-12,18H,6-8H2,1-5H3/t11-/m1/s1. The first-order valence-corrected chi connectivity index (χ1v) is 7.96. The van der Waals surface area contributed by atoms with Gasteiger partial charge in [-0.15, -0.1) is 0 Å². The molecule has 1 fully saturated rings. The quantitative estimate of drug-likeness (QED) is 0.644. The van der Waals surface area contributed by atoms with E-state index >= 15 is 0 Å². The Morgan fingerprint density at radius 1 is 1.30 bits per heavy atom. The Morgan fingerprint density at radius 3 is 2.43 bits per heavy atom. The van der Waals surface area contributed by atoms with E-state index in [1.807, 2.05) is 0 Å². The van der Waals surface area contributed by atoms with Crippen LogP contribution >= 0.6 is 0 Å². The number of H-pyrrole nitrogens is 1. The second-order valence-corrected chi connectivity index (χ2v) is 6.11. The van der Waals surface area contributed by atoms with E-state index in [2.05, 4.69) is 4.98 Å². The van der Waals surface area contributed by atoms with Crippen molar-refractivity contribution in [1.29, 1.82) is 0 Å². The van der Waals surface area contributed by atoms with Gasteiger partial charge in [-0.05, 0) is 46.1 Å². The van der Waals surface area contributed by atoms with Crippen molar-refractivity contribution in [3.05, 3.63) is 22.5 Å². The van der Waals surface area contributed by atoms with E-state index in [0.29, 0.717) is 22.5 Å². The average molecular weight is 320 g/mol. The van der Waals surface area contributed by atoms with Crippen LogP contribution < -0.4 is 0 Å². The van der Waals surface area contributed by atoms with Crippen LogP contribution in [-0.4, -0.2) is 47.2 Å². The first-order valence-electron chi connectivity index (χ1n) is 7.96. The number of aryl methyl sites for hydroxylation is 1. The Morgan fingerprint density at radius 2 is 1.91 bits per heavy atom. The summed E-state index contributed by atoms with van der Waals surface area (Å²) in [6, 6.07) is -0.564. The van der Waals surface area contributed by atoms with Crippen LogP contribution in [0.15, 0.2) is 0 Å². The molecule has 23 heavy (non-hydrogen) atoms. The molecule has 0 aliphatic heterocycles. The third-order valence-corrected chi connectivity index (χ3v) is 4.40. The van der Waals surface area contributed by atoms with Crippen molar-refractivity contribution >= 4 is 17.7 Å². The number of rotatable bonds is 6. The number of nitrogens with zero attached hydrogens (tertiary/aromatic N) is 1. The minimum Gasteiger partial charge on any atom is -0.461 e. The molecule has 1 aliphatic carbocycles. The number of Topliss-reactive ketones (excluding diaryl/α,β-unsaturated/α-hetero) is 1. The lowest BCUT2D eigenvalue weighted by Gasteiger charge is -2.24. The number of ketones is 1. The second kappa shape index (κ2) is 6.56. The van der Waals surface area contributed by atoms with Gasteiger partial charge in [-0.1, -0.05) is 0 Å². The fourth-order valence-electron chi connectivity index (χ4n) is 2.72. The highest BCUT2D eigenvalue weighted by atomic mass is 16.5. The van der Waals surface area contributed by atoms with Gasteiger partial charge >= 0.3 is 5.97 Å². The van der Waals surface area contributed by atoms with Crippen molar-refractivity contribution < 1.29 is 19.1 Å². The molecular weight excluding hydrogens is 296 g/mol. The van der Waals surface area contributed by atoms with E-state index in [1.165, 1.54) is 4.90 Å². The van der Waals surface area contributed by atoms with Crippen molar-refractivity contribution in [3.63, 3.8) is 0 Å². The fourth-order valence-corrected chi connectivity index (χ4v) is 2.72. The molecule has 1 aromatic rings. The van der Waals surface area contributed by atoms with Crippen LogP contribution in [0, 0.1) is 19.8 Å². The molecule has 126 valence electrons. The van der Waals surface area contributed by atoms with Crippen molar-refractivity contribution in [2.75, 3.05) is 13.7 Å². The molecule has 0 aromatic carbocycles. The summed E-state index contributed by atoms with van der Waals surface area (Å²) in [6.07, 6.45) is 1.80. The molecule has 0 saturated heterocycles. The lowest BCUT2D eigenvalue weighted by atomic mass is 10.00. The van der Waals surface area contributed by atoms with Crippen LogP contribution in [0.2, 0.25) is 0 Å². The maximum atomic E-state index is 12.8. The molecular formula is C17H24N2O4. The maximum Gasteiger partial charge on any atom is 0.355 e. The Balaban J connectivity index is 2.24. The van der Waals surface area contributed by atoms with E-state index in [9.17, 15) is 14.4 Å². The van der Waals surface area contributed by atoms with E-state index in [4.69, 9.17) is 4.74 Å². The summed E-state index contributed by atoms with van der Waals surface area (Å²) >= 11 is 0. The topological polar surface area (TPSA) is 79.5 Å². The van der Waals surface area contributed by atoms with Gasteiger partial charge in [-0.3, -0.25) is 9.59 Å². The molecule has 1 heterocycles. The van der Waals surface area contributed by atoms with Crippen molar-refractivity contribution in [2.24, 2.45) is 5.92 Å². The summed E-state index contributed by atoms with van der Waals surface area (Å²) in [5, 5.41) is 0. The van der Waals surface area contributed by atoms with Crippen LogP contribution in [0.1, 0.15) is 58.8 Å². The zero-order valence-electron chi connectivity index (χ0n) is 14.4. The van der Waals surface area contributed by atoms with Gasteiger partial charge in [0.25, 0.3) is 0 Å². The number of carbonyl (C=O) groups excluding carboxylic acids is 3. The molecule has 0 bridgehead atoms. The zero-order chi connectivity index (χ0) is 17.3. The van der Waals surface area contributed by atoms with Gasteiger partial charge in [-0.2, -0.15) is 0 Å². The average Bonchev–Trinajstić information content (AvgIpc) is 3.31. The number of aromatic amines is 1. The highest BCUT2D eigenvalue weighted by Crippen LogP contribution is 2.31. The molecule has 0 radical (unpaired) electrons. The van der Waals surface area contributed by atoms with Gasteiger partial charge in [0.05, 0.1) is 12.6 Å². The van der Waals surface area contributed by atoms with Gasteiger partial charge in [0.2, 0.25) is 5.91 Å². The summed E-state index contributed by atoms with van der Waals surface area (Å²) in [7, 11) is 1.66. The Kier molecular flexibility index (Phi) is 4.92. The molecule has 1 atom stereocenters. The number of ether oxygens (including phenoxy) is 1. The normalized spacial score (nSPS) is 15.2. The zero-order valence-corrected chi connectivity index (χ0v) is 14.4. The van der Waals surface area contributed by atoms with E-state index in [-0.39, 0.29) is 24.2 Å². The molecule has 1 aliphatic rings. The number of esters is 1. The van der Waals surface area contributed by atoms with Gasteiger partial charge in [-0.25, -0.2) is 4.79 Å². The number of likely N-dealkylation sites (N-methyl/N-ethyl adjacent to an activating group) is 1. The summed E-state index contributed by atoms with van der Waals surface area (Å²) in [5.41, 5.74) is 1.96. The third kappa shape index (κ3) is 3.30. The first-order chi connectivity index (χ1) is 10.8. The minimum atomic E-state index is -0.564. The van der Waals surface area contributed by atoms with Crippen LogP contribution in [0.3, 0.4) is 0 Å². The van der Waals surface area contributed by atoms with Crippen molar-refractivity contribution in [2.45, 2.75) is 46.6 Å². The van der Waals surface area contributed by atoms with E-state index in [0.717, 1.165) is 12.8 Å². The summed E-state index contributed by atoms with van der Waals surface area (Å²) in [4.78, 5) is 41.3. The second-order valence-electron chi connectivity index (χ2n) is 6.11. The lowest BCUT2D eigenvalue weighted by Crippen LogP contribution is -2.41. The summed E-state index contributed by atoms with van der Waals surface area (Å²) in [6.45, 7) is 7.19. The van der Waals surface area contributed by atoms with Crippen LogP contribution in [0.5, 0.6) is 0 Å². The Hall–Kier alpha value is -2.11. The number of amides is 1. The van der Waals surface area contributed by atoms with Crippen LogP contribution in [-0.2, 0) is 9.53 Å². The molecule has 6 nitrogen and oxygen atoms in total. The van der Waals surface area contributed by atoms with Gasteiger partial charge < -0.3 is 14.6 Å². The van der Waals surface area contributed by atoms with Gasteiger partial charge in [0.15, 0.2) is 5.78 Å². The smallest absolute Gasteiger partial charge is 0.355 e. The molecule has 1 N–H and O–H groups in total. The Labute approximate surface area is 136 Å². The Bertz CT molecular complexity index is 643. The molecule has 1 aromatic heterocycles. The maximum absolute atomic E-state index is 12.8. The summed E-state index contributed by atoms with van der Waals surface area (Å²) < 4.78 is 5.00. The minimum absolute atomic E-state index is 0.0160. The number of nitrogens with one attached hydrogen (secondary N) is 1. The van der Waals surface area contributed by atoms with Gasteiger partial charge in [0, 0.05) is 24.2 Å². The van der Waals surface area contributed by atoms with Crippen LogP contribution in [0.25, 0.3) is 0 Å². The molecule has 6 heteroatoms. The molecule has 1 amide bonds. The lowest BCUT2D eigenvalue weighted by molar-refractivity contribution is -0.132. The molecule has 2 rings (SSSR count). The molecule has 1 saturated carbocycles. The number of hydrogen-bond acceptors (Lipinski definition) is 4.